The van der Waals surface area contributed by atoms with Crippen LogP contribution < -0.4 is 9.47 Å². The van der Waals surface area contributed by atoms with E-state index in [4.69, 9.17) is 9.47 Å². The van der Waals surface area contributed by atoms with Crippen molar-refractivity contribution in [3.63, 3.8) is 0 Å². The minimum absolute atomic E-state index is 0.355. The zero-order valence-electron chi connectivity index (χ0n) is 13.0. The highest BCUT2D eigenvalue weighted by Crippen LogP contribution is 2.41. The Labute approximate surface area is 145 Å². The van der Waals surface area contributed by atoms with Crippen LogP contribution in [0.5, 0.6) is 11.5 Å². The molecule has 3 aliphatic rings. The summed E-state index contributed by atoms with van der Waals surface area (Å²) in [5.41, 5.74) is 3.32. The van der Waals surface area contributed by atoms with Crippen LogP contribution in [0.3, 0.4) is 0 Å². The smallest absolute Gasteiger partial charge is 0.231 e. The van der Waals surface area contributed by atoms with E-state index < -0.39 is 0 Å². The Balaban J connectivity index is 1.49. The molecule has 0 aromatic heterocycles. The first-order valence-corrected chi connectivity index (χ1v) is 9.26. The minimum Gasteiger partial charge on any atom is -0.454 e. The summed E-state index contributed by atoms with van der Waals surface area (Å²) in [7, 11) is 0. The molecule has 3 nitrogen and oxygen atoms in total. The third kappa shape index (κ3) is 2.54. The molecule has 0 amide bonds. The third-order valence-electron chi connectivity index (χ3n) is 5.33. The Morgan fingerprint density at radius 1 is 1.23 bits per heavy atom. The summed E-state index contributed by atoms with van der Waals surface area (Å²) < 4.78 is 12.3. The summed E-state index contributed by atoms with van der Waals surface area (Å²) in [5.74, 6) is 1.79. The topological polar surface area (TPSA) is 21.7 Å². The summed E-state index contributed by atoms with van der Waals surface area (Å²) in [6.07, 6.45) is 8.90. The fraction of sp³-hybridized carbons (Fsp3) is 0.556. The molecule has 1 aromatic rings. The summed E-state index contributed by atoms with van der Waals surface area (Å²) in [6.45, 7) is 5.02. The van der Waals surface area contributed by atoms with Crippen molar-refractivity contribution < 1.29 is 9.47 Å². The first-order valence-electron chi connectivity index (χ1n) is 8.18. The SMILES string of the molecule is CC1=C[C@]2(CCCN2CCc2cc3c(cc2I)OCO3)CC1. The molecule has 1 fully saturated rings. The molecule has 22 heavy (non-hydrogen) atoms. The molecular weight excluding hydrogens is 389 g/mol. The Kier molecular flexibility index (Phi) is 3.85. The van der Waals surface area contributed by atoms with Crippen LogP contribution in [0.25, 0.3) is 0 Å². The first-order chi connectivity index (χ1) is 10.7. The van der Waals surface area contributed by atoms with Crippen molar-refractivity contribution in [3.05, 3.63) is 32.9 Å². The molecule has 0 N–H and O–H groups in total. The van der Waals surface area contributed by atoms with Crippen LogP contribution in [0.1, 0.15) is 38.2 Å². The van der Waals surface area contributed by atoms with Crippen molar-refractivity contribution in [2.24, 2.45) is 0 Å². The predicted octanol–water partition coefficient (Wildman–Crippen LogP) is 4.14. The van der Waals surface area contributed by atoms with E-state index in [0.29, 0.717) is 12.3 Å². The highest BCUT2D eigenvalue weighted by atomic mass is 127. The standard InChI is InChI=1S/C18H22INO2/c1-13-3-6-18(11-13)5-2-7-20(18)8-4-14-9-16-17(10-15(14)19)22-12-21-16/h9-11H,2-8,12H2,1H3/t18-/m0/s1. The van der Waals surface area contributed by atoms with Gasteiger partial charge in [-0.05, 0) is 85.9 Å². The number of halogens is 1. The fourth-order valence-corrected chi connectivity index (χ4v) is 4.87. The minimum atomic E-state index is 0.355. The van der Waals surface area contributed by atoms with Crippen molar-refractivity contribution in [2.75, 3.05) is 19.9 Å². The lowest BCUT2D eigenvalue weighted by atomic mass is 9.95. The van der Waals surface area contributed by atoms with Crippen molar-refractivity contribution in [1.29, 1.82) is 0 Å². The Bertz CT molecular complexity index is 628. The van der Waals surface area contributed by atoms with E-state index in [0.717, 1.165) is 24.5 Å². The Morgan fingerprint density at radius 2 is 2.05 bits per heavy atom. The van der Waals surface area contributed by atoms with E-state index in [2.05, 4.69) is 52.6 Å². The van der Waals surface area contributed by atoms with Gasteiger partial charge in [-0.15, -0.1) is 0 Å². The van der Waals surface area contributed by atoms with Crippen LogP contribution in [-0.2, 0) is 6.42 Å². The van der Waals surface area contributed by atoms with Gasteiger partial charge >= 0.3 is 0 Å². The van der Waals surface area contributed by atoms with E-state index in [-0.39, 0.29) is 0 Å². The van der Waals surface area contributed by atoms with Crippen molar-refractivity contribution in [2.45, 2.75) is 44.6 Å². The highest BCUT2D eigenvalue weighted by Gasteiger charge is 2.40. The average molecular weight is 411 g/mol. The van der Waals surface area contributed by atoms with Gasteiger partial charge in [0.2, 0.25) is 6.79 Å². The monoisotopic (exact) mass is 411 g/mol. The summed E-state index contributed by atoms with van der Waals surface area (Å²) >= 11 is 2.42. The lowest BCUT2D eigenvalue weighted by molar-refractivity contribution is 0.174. The highest BCUT2D eigenvalue weighted by molar-refractivity contribution is 14.1. The molecule has 2 aliphatic heterocycles. The van der Waals surface area contributed by atoms with Gasteiger partial charge in [-0.3, -0.25) is 4.90 Å². The van der Waals surface area contributed by atoms with Gasteiger partial charge < -0.3 is 9.47 Å². The number of hydrogen-bond acceptors (Lipinski definition) is 3. The molecule has 2 heterocycles. The van der Waals surface area contributed by atoms with Gasteiger partial charge in [0.25, 0.3) is 0 Å². The predicted molar refractivity (Wildman–Crippen MR) is 95.5 cm³/mol. The van der Waals surface area contributed by atoms with Gasteiger partial charge in [-0.2, -0.15) is 0 Å². The third-order valence-corrected chi connectivity index (χ3v) is 6.33. The number of likely N-dealkylation sites (tertiary alicyclic amines) is 1. The van der Waals surface area contributed by atoms with Crippen LogP contribution >= 0.6 is 22.6 Å². The number of allylic oxidation sites excluding steroid dienone is 1. The van der Waals surface area contributed by atoms with E-state index in [1.165, 1.54) is 41.4 Å². The van der Waals surface area contributed by atoms with Crippen LogP contribution in [0.4, 0.5) is 0 Å². The Morgan fingerprint density at radius 3 is 2.82 bits per heavy atom. The van der Waals surface area contributed by atoms with Gasteiger partial charge in [0.1, 0.15) is 0 Å². The van der Waals surface area contributed by atoms with Crippen LogP contribution in [-0.4, -0.2) is 30.3 Å². The lowest BCUT2D eigenvalue weighted by Gasteiger charge is -2.34. The summed E-state index contributed by atoms with van der Waals surface area (Å²) in [4.78, 5) is 2.71. The van der Waals surface area contributed by atoms with Gasteiger partial charge in [-0.1, -0.05) is 11.6 Å². The maximum atomic E-state index is 5.52. The van der Waals surface area contributed by atoms with E-state index in [1.807, 2.05) is 0 Å². The molecule has 1 aliphatic carbocycles. The maximum absolute atomic E-state index is 5.52. The summed E-state index contributed by atoms with van der Waals surface area (Å²) in [5, 5.41) is 0. The van der Waals surface area contributed by atoms with Crippen LogP contribution in [0, 0.1) is 3.57 Å². The van der Waals surface area contributed by atoms with Gasteiger partial charge in [-0.25, -0.2) is 0 Å². The number of benzene rings is 1. The molecule has 0 unspecified atom stereocenters. The van der Waals surface area contributed by atoms with Crippen LogP contribution in [0.15, 0.2) is 23.8 Å². The molecular formula is C18H22INO2. The number of hydrogen-bond donors (Lipinski definition) is 0. The fourth-order valence-electron chi connectivity index (χ4n) is 4.16. The van der Waals surface area contributed by atoms with E-state index >= 15 is 0 Å². The molecule has 118 valence electrons. The quantitative estimate of drug-likeness (QED) is 0.552. The van der Waals surface area contributed by atoms with Crippen LogP contribution in [0.2, 0.25) is 0 Å². The maximum Gasteiger partial charge on any atom is 0.231 e. The molecule has 0 saturated carbocycles. The largest absolute Gasteiger partial charge is 0.454 e. The molecule has 1 atom stereocenters. The second kappa shape index (κ2) is 5.71. The zero-order chi connectivity index (χ0) is 15.2. The first kappa shape index (κ1) is 14.8. The molecule has 0 radical (unpaired) electrons. The number of rotatable bonds is 3. The second-order valence-electron chi connectivity index (χ2n) is 6.73. The van der Waals surface area contributed by atoms with Crippen molar-refractivity contribution >= 4 is 22.6 Å². The Hall–Kier alpha value is -0.750. The van der Waals surface area contributed by atoms with Crippen molar-refractivity contribution in [1.82, 2.24) is 4.90 Å². The molecule has 1 spiro atoms. The van der Waals surface area contributed by atoms with Gasteiger partial charge in [0, 0.05) is 15.7 Å². The second-order valence-corrected chi connectivity index (χ2v) is 7.89. The lowest BCUT2D eigenvalue weighted by Crippen LogP contribution is -2.41. The zero-order valence-corrected chi connectivity index (χ0v) is 15.2. The van der Waals surface area contributed by atoms with Crippen molar-refractivity contribution in [3.8, 4) is 11.5 Å². The molecule has 0 bridgehead atoms. The molecule has 4 rings (SSSR count). The normalized spacial score (nSPS) is 26.9. The average Bonchev–Trinajstić information content (AvgIpc) is 3.18. The van der Waals surface area contributed by atoms with E-state index in [9.17, 15) is 0 Å². The molecule has 4 heteroatoms. The summed E-state index contributed by atoms with van der Waals surface area (Å²) in [6, 6.07) is 4.28. The number of nitrogens with zero attached hydrogens (tertiary/aromatic N) is 1. The van der Waals surface area contributed by atoms with Gasteiger partial charge in [0.15, 0.2) is 11.5 Å². The molecule has 1 aromatic carbocycles. The number of fused-ring (bicyclic) bond motifs is 1. The molecule has 1 saturated heterocycles. The number of ether oxygens (including phenoxy) is 2. The van der Waals surface area contributed by atoms with E-state index in [1.54, 1.807) is 5.57 Å². The van der Waals surface area contributed by atoms with Gasteiger partial charge in [0.05, 0.1) is 0 Å².